The van der Waals surface area contributed by atoms with Crippen molar-refractivity contribution in [1.82, 2.24) is 4.98 Å². The lowest BCUT2D eigenvalue weighted by molar-refractivity contribution is -0.118. The van der Waals surface area contributed by atoms with Crippen LogP contribution in [0.2, 0.25) is 0 Å². The highest BCUT2D eigenvalue weighted by Crippen LogP contribution is 2.25. The standard InChI is InChI=1S/C18H15FN2O2S/c1-12-2-4-13(5-3-12)16-11-24-18(20-16)21-17(22)10-23-15-8-6-14(19)7-9-15/h2-9,11H,10H2,1H3,(H,20,21,22). The molecule has 0 radical (unpaired) electrons. The van der Waals surface area contributed by atoms with Crippen LogP contribution < -0.4 is 10.1 Å². The number of carbonyl (C=O) groups excluding carboxylic acids is 1. The van der Waals surface area contributed by atoms with Gasteiger partial charge in [-0.3, -0.25) is 10.1 Å². The monoisotopic (exact) mass is 342 g/mol. The molecule has 1 aromatic heterocycles. The van der Waals surface area contributed by atoms with Gasteiger partial charge in [-0.2, -0.15) is 0 Å². The Bertz CT molecular complexity index is 829. The Morgan fingerprint density at radius 3 is 2.58 bits per heavy atom. The Kier molecular flexibility index (Phi) is 4.86. The third-order valence-electron chi connectivity index (χ3n) is 3.28. The van der Waals surface area contributed by atoms with Crippen molar-refractivity contribution in [1.29, 1.82) is 0 Å². The average molecular weight is 342 g/mol. The molecule has 0 atom stereocenters. The summed E-state index contributed by atoms with van der Waals surface area (Å²) in [5.74, 6) is -0.228. The van der Waals surface area contributed by atoms with Gasteiger partial charge in [0.05, 0.1) is 5.69 Å². The second-order valence-corrected chi connectivity index (χ2v) is 6.05. The number of carbonyl (C=O) groups is 1. The van der Waals surface area contributed by atoms with E-state index in [0.29, 0.717) is 10.9 Å². The number of nitrogens with one attached hydrogen (secondary N) is 1. The van der Waals surface area contributed by atoms with Crippen molar-refractivity contribution < 1.29 is 13.9 Å². The van der Waals surface area contributed by atoms with Crippen LogP contribution in [0.5, 0.6) is 5.75 Å². The highest BCUT2D eigenvalue weighted by Gasteiger charge is 2.09. The third kappa shape index (κ3) is 4.17. The zero-order valence-corrected chi connectivity index (χ0v) is 13.8. The molecule has 6 heteroatoms. The van der Waals surface area contributed by atoms with E-state index >= 15 is 0 Å². The van der Waals surface area contributed by atoms with E-state index in [1.807, 2.05) is 36.6 Å². The van der Waals surface area contributed by atoms with Crippen molar-refractivity contribution in [3.63, 3.8) is 0 Å². The van der Waals surface area contributed by atoms with Crippen LogP contribution in [0.15, 0.2) is 53.9 Å². The van der Waals surface area contributed by atoms with Crippen LogP contribution in [0.25, 0.3) is 11.3 Å². The normalized spacial score (nSPS) is 10.4. The fourth-order valence-corrected chi connectivity index (χ4v) is 2.76. The molecule has 4 nitrogen and oxygen atoms in total. The van der Waals surface area contributed by atoms with Crippen molar-refractivity contribution in [2.75, 3.05) is 11.9 Å². The summed E-state index contributed by atoms with van der Waals surface area (Å²) in [4.78, 5) is 16.3. The summed E-state index contributed by atoms with van der Waals surface area (Å²) < 4.78 is 18.1. The molecule has 0 aliphatic heterocycles. The van der Waals surface area contributed by atoms with Crippen LogP contribution >= 0.6 is 11.3 Å². The minimum Gasteiger partial charge on any atom is -0.484 e. The fourth-order valence-electron chi connectivity index (χ4n) is 2.02. The number of anilines is 1. The van der Waals surface area contributed by atoms with Crippen LogP contribution in [0, 0.1) is 12.7 Å². The first-order valence-electron chi connectivity index (χ1n) is 7.31. The molecule has 24 heavy (non-hydrogen) atoms. The van der Waals surface area contributed by atoms with E-state index in [-0.39, 0.29) is 18.3 Å². The smallest absolute Gasteiger partial charge is 0.264 e. The number of hydrogen-bond acceptors (Lipinski definition) is 4. The van der Waals surface area contributed by atoms with E-state index in [9.17, 15) is 9.18 Å². The van der Waals surface area contributed by atoms with Gasteiger partial charge in [0.25, 0.3) is 5.91 Å². The molecule has 0 saturated carbocycles. The Labute approximate surface area is 142 Å². The summed E-state index contributed by atoms with van der Waals surface area (Å²) >= 11 is 1.35. The minimum atomic E-state index is -0.349. The van der Waals surface area contributed by atoms with Crippen molar-refractivity contribution in [3.05, 3.63) is 65.3 Å². The number of thiazole rings is 1. The first-order valence-corrected chi connectivity index (χ1v) is 8.19. The molecule has 0 aliphatic rings. The van der Waals surface area contributed by atoms with Gasteiger partial charge in [0, 0.05) is 10.9 Å². The van der Waals surface area contributed by atoms with E-state index in [1.54, 1.807) is 0 Å². The van der Waals surface area contributed by atoms with Gasteiger partial charge >= 0.3 is 0 Å². The van der Waals surface area contributed by atoms with Crippen LogP contribution in [-0.2, 0) is 4.79 Å². The second kappa shape index (κ2) is 7.23. The number of aryl methyl sites for hydroxylation is 1. The molecule has 0 aliphatic carbocycles. The quantitative estimate of drug-likeness (QED) is 0.753. The molecule has 0 unspecified atom stereocenters. The maximum absolute atomic E-state index is 12.8. The predicted molar refractivity (Wildman–Crippen MR) is 92.8 cm³/mol. The lowest BCUT2D eigenvalue weighted by Gasteiger charge is -2.05. The van der Waals surface area contributed by atoms with Gasteiger partial charge in [0.15, 0.2) is 11.7 Å². The number of ether oxygens (including phenoxy) is 1. The summed E-state index contributed by atoms with van der Waals surface area (Å²) in [6.07, 6.45) is 0. The molecule has 2 aromatic carbocycles. The largest absolute Gasteiger partial charge is 0.484 e. The van der Waals surface area contributed by atoms with Gasteiger partial charge in [-0.25, -0.2) is 9.37 Å². The van der Waals surface area contributed by atoms with Gasteiger partial charge in [-0.05, 0) is 31.2 Å². The van der Waals surface area contributed by atoms with Crippen LogP contribution in [0.1, 0.15) is 5.56 Å². The number of amides is 1. The third-order valence-corrected chi connectivity index (χ3v) is 4.04. The van der Waals surface area contributed by atoms with Crippen LogP contribution in [0.3, 0.4) is 0 Å². The zero-order chi connectivity index (χ0) is 16.9. The molecule has 122 valence electrons. The molecular formula is C18H15FN2O2S. The first kappa shape index (κ1) is 16.1. The van der Waals surface area contributed by atoms with Crippen LogP contribution in [0.4, 0.5) is 9.52 Å². The lowest BCUT2D eigenvalue weighted by atomic mass is 10.1. The molecule has 0 spiro atoms. The van der Waals surface area contributed by atoms with E-state index in [4.69, 9.17) is 4.74 Å². The zero-order valence-electron chi connectivity index (χ0n) is 13.0. The Balaban J connectivity index is 1.57. The van der Waals surface area contributed by atoms with Crippen LogP contribution in [-0.4, -0.2) is 17.5 Å². The maximum atomic E-state index is 12.8. The Hall–Kier alpha value is -2.73. The first-order chi connectivity index (χ1) is 11.6. The Morgan fingerprint density at radius 1 is 1.17 bits per heavy atom. The number of benzene rings is 2. The SMILES string of the molecule is Cc1ccc(-c2csc(NC(=O)COc3ccc(F)cc3)n2)cc1. The van der Waals surface area contributed by atoms with Gasteiger partial charge in [0.2, 0.25) is 0 Å². The number of hydrogen-bond donors (Lipinski definition) is 1. The van der Waals surface area contributed by atoms with E-state index in [0.717, 1.165) is 11.3 Å². The number of aromatic nitrogens is 1. The number of nitrogens with zero attached hydrogens (tertiary/aromatic N) is 1. The predicted octanol–water partition coefficient (Wildman–Crippen LogP) is 4.28. The number of rotatable bonds is 5. The maximum Gasteiger partial charge on any atom is 0.264 e. The van der Waals surface area contributed by atoms with Gasteiger partial charge < -0.3 is 4.74 Å². The minimum absolute atomic E-state index is 0.162. The number of halogens is 1. The fraction of sp³-hybridized carbons (Fsp3) is 0.111. The topological polar surface area (TPSA) is 51.2 Å². The highest BCUT2D eigenvalue weighted by atomic mass is 32.1. The average Bonchev–Trinajstić information content (AvgIpc) is 3.03. The summed E-state index contributed by atoms with van der Waals surface area (Å²) in [5.41, 5.74) is 3.00. The molecule has 0 saturated heterocycles. The van der Waals surface area contributed by atoms with Gasteiger partial charge in [-0.15, -0.1) is 11.3 Å². The van der Waals surface area contributed by atoms with E-state index < -0.39 is 0 Å². The molecule has 0 bridgehead atoms. The lowest BCUT2D eigenvalue weighted by Crippen LogP contribution is -2.20. The molecule has 3 rings (SSSR count). The molecular weight excluding hydrogens is 327 g/mol. The van der Waals surface area contributed by atoms with E-state index in [2.05, 4.69) is 10.3 Å². The molecule has 1 amide bonds. The summed E-state index contributed by atoms with van der Waals surface area (Å²) in [6.45, 7) is 1.86. The molecule has 1 heterocycles. The van der Waals surface area contributed by atoms with Crippen molar-refractivity contribution in [2.24, 2.45) is 0 Å². The van der Waals surface area contributed by atoms with Gasteiger partial charge in [0.1, 0.15) is 11.6 Å². The summed E-state index contributed by atoms with van der Waals surface area (Å²) in [7, 11) is 0. The Morgan fingerprint density at radius 2 is 1.88 bits per heavy atom. The molecule has 0 fully saturated rings. The van der Waals surface area contributed by atoms with Crippen molar-refractivity contribution >= 4 is 22.4 Å². The molecule has 1 N–H and O–H groups in total. The van der Waals surface area contributed by atoms with Crippen molar-refractivity contribution in [2.45, 2.75) is 6.92 Å². The van der Waals surface area contributed by atoms with E-state index in [1.165, 1.54) is 41.2 Å². The summed E-state index contributed by atoms with van der Waals surface area (Å²) in [6, 6.07) is 13.5. The second-order valence-electron chi connectivity index (χ2n) is 5.19. The molecule has 3 aromatic rings. The summed E-state index contributed by atoms with van der Waals surface area (Å²) in [5, 5.41) is 5.10. The highest BCUT2D eigenvalue weighted by molar-refractivity contribution is 7.14. The van der Waals surface area contributed by atoms with Gasteiger partial charge in [-0.1, -0.05) is 29.8 Å². The van der Waals surface area contributed by atoms with Crippen molar-refractivity contribution in [3.8, 4) is 17.0 Å².